The molecular weight excluding hydrogens is 516 g/mol. The number of aliphatic hydroxyl groups excluding tert-OH is 4. The van der Waals surface area contributed by atoms with Crippen LogP contribution in [0.3, 0.4) is 0 Å². The number of unbranched alkanes of at least 4 members (excludes halogenated alkanes) is 1. The van der Waals surface area contributed by atoms with Crippen LogP contribution in [0.4, 0.5) is 0 Å². The predicted molar refractivity (Wildman–Crippen MR) is 131 cm³/mol. The van der Waals surface area contributed by atoms with E-state index in [1.807, 2.05) is 0 Å². The molecule has 15 heteroatoms. The molecule has 1 saturated heterocycles. The third-order valence-electron chi connectivity index (χ3n) is 6.33. The second-order valence-electron chi connectivity index (χ2n) is 9.12. The zero-order valence-electron chi connectivity index (χ0n) is 21.6. The van der Waals surface area contributed by atoms with Crippen LogP contribution in [0.15, 0.2) is 0 Å². The molecule has 1 aliphatic rings. The average Bonchev–Trinajstić information content (AvgIpc) is 2.85. The van der Waals surface area contributed by atoms with Gasteiger partial charge in [0.1, 0.15) is 42.5 Å². The van der Waals surface area contributed by atoms with E-state index in [1.165, 1.54) is 32.4 Å². The molecule has 1 aliphatic heterocycles. The summed E-state index contributed by atoms with van der Waals surface area (Å²) in [5, 5.41) is 56.6. The van der Waals surface area contributed by atoms with E-state index >= 15 is 0 Å². The van der Waals surface area contributed by atoms with Gasteiger partial charge in [0.15, 0.2) is 5.79 Å². The van der Waals surface area contributed by atoms with Gasteiger partial charge in [-0.1, -0.05) is 6.42 Å². The van der Waals surface area contributed by atoms with E-state index in [0.29, 0.717) is 32.4 Å². The highest BCUT2D eigenvalue weighted by Crippen LogP contribution is 2.33. The minimum Gasteiger partial charge on any atom is -0.480 e. The van der Waals surface area contributed by atoms with Crippen molar-refractivity contribution in [2.24, 2.45) is 0 Å². The Balaban J connectivity index is 2.46. The molecule has 1 heterocycles. The van der Waals surface area contributed by atoms with E-state index in [4.69, 9.17) is 26.4 Å². The number of likely N-dealkylation sites (N-methyl/N-ethyl adjacent to an activating group) is 1. The van der Waals surface area contributed by atoms with Crippen molar-refractivity contribution < 1.29 is 49.4 Å². The number of ether oxygens (including phenoxy) is 2. The molecule has 0 aliphatic carbocycles. The van der Waals surface area contributed by atoms with Gasteiger partial charge in [0.25, 0.3) is 0 Å². The molecule has 37 heavy (non-hydrogen) atoms. The topological polar surface area (TPSA) is 210 Å². The number of methoxy groups -OCH3 is 1. The lowest BCUT2D eigenvalue weighted by molar-refractivity contribution is -0.358. The van der Waals surface area contributed by atoms with Gasteiger partial charge in [-0.05, 0) is 45.0 Å². The fraction of sp³-hybridized carbons (Fsp3) is 0.864. The SMILES string of the molecule is COC1(CCNCCCCC(C(=O)NC(C)C(=O)NC(C)C(=O)O)N(C)Cl)OC(CO)C(O)C(O)C1O. The predicted octanol–water partition coefficient (Wildman–Crippen LogP) is -2.50. The van der Waals surface area contributed by atoms with Gasteiger partial charge >= 0.3 is 5.97 Å². The van der Waals surface area contributed by atoms with Crippen LogP contribution in [0.5, 0.6) is 0 Å². The average molecular weight is 557 g/mol. The van der Waals surface area contributed by atoms with Crippen LogP contribution < -0.4 is 16.0 Å². The van der Waals surface area contributed by atoms with E-state index < -0.39 is 72.7 Å². The molecule has 0 bridgehead atoms. The summed E-state index contributed by atoms with van der Waals surface area (Å²) < 4.78 is 12.1. The van der Waals surface area contributed by atoms with Crippen molar-refractivity contribution in [3.63, 3.8) is 0 Å². The highest BCUT2D eigenvalue weighted by atomic mass is 35.5. The summed E-state index contributed by atoms with van der Waals surface area (Å²) in [5.41, 5.74) is 0. The second kappa shape index (κ2) is 15.7. The van der Waals surface area contributed by atoms with Crippen LogP contribution in [0.1, 0.15) is 39.5 Å². The highest BCUT2D eigenvalue weighted by molar-refractivity contribution is 6.14. The number of carboxylic acids is 1. The minimum absolute atomic E-state index is 0.126. The molecule has 1 rings (SSSR count). The molecule has 0 aromatic heterocycles. The Kier molecular flexibility index (Phi) is 14.2. The third-order valence-corrected chi connectivity index (χ3v) is 6.56. The van der Waals surface area contributed by atoms with Gasteiger partial charge in [-0.25, -0.2) is 4.42 Å². The maximum atomic E-state index is 12.6. The zero-order chi connectivity index (χ0) is 28.3. The Morgan fingerprint density at radius 2 is 1.68 bits per heavy atom. The smallest absolute Gasteiger partial charge is 0.325 e. The normalized spacial score (nSPS) is 28.4. The molecule has 0 spiro atoms. The summed E-state index contributed by atoms with van der Waals surface area (Å²) >= 11 is 6.04. The molecular formula is C22H41ClN4O10. The number of hydrogen-bond acceptors (Lipinski definition) is 11. The highest BCUT2D eigenvalue weighted by Gasteiger charge is 2.53. The molecule has 216 valence electrons. The van der Waals surface area contributed by atoms with E-state index in [1.54, 1.807) is 0 Å². The van der Waals surface area contributed by atoms with Gasteiger partial charge in [0.05, 0.1) is 6.61 Å². The number of rotatable bonds is 16. The number of carboxylic acid groups (broad SMARTS) is 1. The number of hydrogen-bond donors (Lipinski definition) is 8. The van der Waals surface area contributed by atoms with Crippen molar-refractivity contribution in [2.45, 2.75) is 87.9 Å². The lowest BCUT2D eigenvalue weighted by Crippen LogP contribution is -2.66. The number of halogens is 1. The molecule has 2 amide bonds. The monoisotopic (exact) mass is 556 g/mol. The van der Waals surface area contributed by atoms with Crippen LogP contribution in [0.25, 0.3) is 0 Å². The molecule has 1 fully saturated rings. The van der Waals surface area contributed by atoms with Crippen LogP contribution >= 0.6 is 11.8 Å². The van der Waals surface area contributed by atoms with Gasteiger partial charge in [-0.2, -0.15) is 0 Å². The maximum absolute atomic E-state index is 12.6. The molecule has 0 radical (unpaired) electrons. The fourth-order valence-corrected chi connectivity index (χ4v) is 4.09. The summed E-state index contributed by atoms with van der Waals surface area (Å²) in [6.07, 6.45) is -3.85. The Morgan fingerprint density at radius 3 is 2.22 bits per heavy atom. The van der Waals surface area contributed by atoms with E-state index in [9.17, 15) is 34.8 Å². The maximum Gasteiger partial charge on any atom is 0.325 e. The Morgan fingerprint density at radius 1 is 1.05 bits per heavy atom. The minimum atomic E-state index is -1.60. The van der Waals surface area contributed by atoms with Crippen molar-refractivity contribution in [3.8, 4) is 0 Å². The van der Waals surface area contributed by atoms with Crippen LogP contribution in [0, 0.1) is 0 Å². The molecule has 14 nitrogen and oxygen atoms in total. The number of aliphatic carboxylic acids is 1. The summed E-state index contributed by atoms with van der Waals surface area (Å²) in [6, 6.07) is -2.77. The molecule has 8 N–H and O–H groups in total. The van der Waals surface area contributed by atoms with Crippen molar-refractivity contribution in [1.82, 2.24) is 20.4 Å². The van der Waals surface area contributed by atoms with Crippen LogP contribution in [-0.4, -0.2) is 130 Å². The Hall–Kier alpha value is -1.62. The molecule has 0 aromatic carbocycles. The van der Waals surface area contributed by atoms with E-state index in [-0.39, 0.29) is 6.42 Å². The number of nitrogens with zero attached hydrogens (tertiary/aromatic N) is 1. The number of aliphatic hydroxyl groups is 4. The number of nitrogens with one attached hydrogen (secondary N) is 3. The lowest BCUT2D eigenvalue weighted by Gasteiger charge is -2.47. The number of carbonyl (C=O) groups excluding carboxylic acids is 2. The van der Waals surface area contributed by atoms with Crippen molar-refractivity contribution >= 4 is 29.6 Å². The Labute approximate surface area is 221 Å². The van der Waals surface area contributed by atoms with Crippen molar-refractivity contribution in [2.75, 3.05) is 33.9 Å². The van der Waals surface area contributed by atoms with Crippen LogP contribution in [0.2, 0.25) is 0 Å². The summed E-state index contributed by atoms with van der Waals surface area (Å²) in [5.74, 6) is -3.89. The first kappa shape index (κ1) is 33.4. The van der Waals surface area contributed by atoms with E-state index in [0.717, 1.165) is 0 Å². The largest absolute Gasteiger partial charge is 0.480 e. The first-order valence-electron chi connectivity index (χ1n) is 12.1. The fourth-order valence-electron chi connectivity index (χ4n) is 3.91. The summed E-state index contributed by atoms with van der Waals surface area (Å²) in [4.78, 5) is 35.6. The second-order valence-corrected chi connectivity index (χ2v) is 9.65. The van der Waals surface area contributed by atoms with Crippen molar-refractivity contribution in [1.29, 1.82) is 0 Å². The van der Waals surface area contributed by atoms with Crippen LogP contribution in [-0.2, 0) is 23.9 Å². The third kappa shape index (κ3) is 9.57. The standard InChI is InChI=1S/C22H41ClN4O10/c1-12(19(32)26-13(2)21(34)35)25-20(33)14(27(3)23)7-5-6-9-24-10-8-22(36-4)18(31)17(30)16(29)15(11-28)37-22/h12-18,24,28-31H,5-11H2,1-4H3,(H,25,33)(H,26,32)(H,34,35). The first-order chi connectivity index (χ1) is 17.3. The molecule has 8 atom stereocenters. The summed E-state index contributed by atoms with van der Waals surface area (Å²) in [6.45, 7) is 3.07. The van der Waals surface area contributed by atoms with Gasteiger partial charge in [0.2, 0.25) is 11.8 Å². The quantitative estimate of drug-likeness (QED) is 0.0732. The Bertz CT molecular complexity index is 746. The van der Waals surface area contributed by atoms with Gasteiger partial charge in [0, 0.05) is 27.1 Å². The molecule has 8 unspecified atom stereocenters. The summed E-state index contributed by atoms with van der Waals surface area (Å²) in [7, 11) is 2.82. The lowest BCUT2D eigenvalue weighted by atomic mass is 9.90. The first-order valence-corrected chi connectivity index (χ1v) is 12.5. The molecule has 0 saturated carbocycles. The van der Waals surface area contributed by atoms with Gasteiger partial charge in [-0.3, -0.25) is 14.4 Å². The van der Waals surface area contributed by atoms with Gasteiger partial charge < -0.3 is 51.0 Å². The number of amides is 2. The number of carbonyl (C=O) groups is 3. The van der Waals surface area contributed by atoms with Gasteiger partial charge in [-0.15, -0.1) is 0 Å². The van der Waals surface area contributed by atoms with E-state index in [2.05, 4.69) is 16.0 Å². The zero-order valence-corrected chi connectivity index (χ0v) is 22.3. The molecule has 0 aromatic rings. The van der Waals surface area contributed by atoms with Crippen molar-refractivity contribution in [3.05, 3.63) is 0 Å².